The number of likely N-dealkylation sites (N-methyl/N-ethyl adjacent to an activating group) is 1. The van der Waals surface area contributed by atoms with Crippen molar-refractivity contribution in [3.63, 3.8) is 0 Å². The first kappa shape index (κ1) is 16.9. The number of hydrogen-bond donors (Lipinski definition) is 3. The van der Waals surface area contributed by atoms with Crippen molar-refractivity contribution < 1.29 is 17.9 Å². The van der Waals surface area contributed by atoms with Crippen molar-refractivity contribution in [2.45, 2.75) is 25.0 Å². The fourth-order valence-corrected chi connectivity index (χ4v) is 3.12. The number of carbonyl (C=O) groups is 1. The number of sulfonamides is 1. The van der Waals surface area contributed by atoms with Crippen LogP contribution in [0.25, 0.3) is 0 Å². The third-order valence-corrected chi connectivity index (χ3v) is 4.70. The maximum absolute atomic E-state index is 12.2. The van der Waals surface area contributed by atoms with Crippen LogP contribution in [0.4, 0.5) is 0 Å². The molecule has 1 aromatic rings. The van der Waals surface area contributed by atoms with E-state index in [2.05, 4.69) is 15.4 Å². The summed E-state index contributed by atoms with van der Waals surface area (Å²) in [5.74, 6) is -0.356. The van der Waals surface area contributed by atoms with Gasteiger partial charge in [0.2, 0.25) is 15.9 Å². The van der Waals surface area contributed by atoms with Crippen LogP contribution in [-0.4, -0.2) is 40.5 Å². The molecular formula is C14H21N3O4S. The lowest BCUT2D eigenvalue weighted by atomic mass is 10.1. The van der Waals surface area contributed by atoms with E-state index < -0.39 is 10.0 Å². The summed E-state index contributed by atoms with van der Waals surface area (Å²) in [6, 6.07) is 4.86. The molecule has 2 rings (SSSR count). The summed E-state index contributed by atoms with van der Waals surface area (Å²) in [7, 11) is -3.69. The lowest BCUT2D eigenvalue weighted by molar-refractivity contribution is -0.119. The summed E-state index contributed by atoms with van der Waals surface area (Å²) in [5.41, 5.74) is 1.87. The number of fused-ring (bicyclic) bond motifs is 1. The standard InChI is InChI=1S/C14H21N3O4S/c1-2-15-5-6-16-14(18)8-17-22(19,20)13-4-3-11-9-21-10-12(11)7-13/h3-4,7,15,17H,2,5-6,8-10H2,1H3,(H,16,18). The zero-order valence-corrected chi connectivity index (χ0v) is 13.3. The monoisotopic (exact) mass is 327 g/mol. The Morgan fingerprint density at radius 1 is 1.23 bits per heavy atom. The van der Waals surface area contributed by atoms with Gasteiger partial charge in [-0.2, -0.15) is 0 Å². The van der Waals surface area contributed by atoms with Crippen molar-refractivity contribution in [3.8, 4) is 0 Å². The predicted octanol–water partition coefficient (Wildman–Crippen LogP) is -0.279. The van der Waals surface area contributed by atoms with E-state index in [-0.39, 0.29) is 17.3 Å². The second-order valence-electron chi connectivity index (χ2n) is 4.95. The van der Waals surface area contributed by atoms with Crippen molar-refractivity contribution >= 4 is 15.9 Å². The highest BCUT2D eigenvalue weighted by atomic mass is 32.2. The van der Waals surface area contributed by atoms with E-state index in [1.54, 1.807) is 12.1 Å². The van der Waals surface area contributed by atoms with Crippen LogP contribution in [-0.2, 0) is 32.8 Å². The molecule has 0 bridgehead atoms. The van der Waals surface area contributed by atoms with Gasteiger partial charge in [0.25, 0.3) is 0 Å². The van der Waals surface area contributed by atoms with Crippen molar-refractivity contribution in [3.05, 3.63) is 29.3 Å². The number of carbonyl (C=O) groups excluding carboxylic acids is 1. The van der Waals surface area contributed by atoms with Crippen molar-refractivity contribution in [1.82, 2.24) is 15.4 Å². The van der Waals surface area contributed by atoms with Crippen LogP contribution >= 0.6 is 0 Å². The molecule has 1 aliphatic rings. The molecule has 0 aromatic heterocycles. The first-order valence-electron chi connectivity index (χ1n) is 7.19. The molecule has 1 amide bonds. The lowest BCUT2D eigenvalue weighted by Crippen LogP contribution is -2.39. The molecule has 0 saturated carbocycles. The predicted molar refractivity (Wildman–Crippen MR) is 81.7 cm³/mol. The Bertz CT molecular complexity index is 631. The Hall–Kier alpha value is -1.48. The molecular weight excluding hydrogens is 306 g/mol. The molecule has 0 saturated heterocycles. The molecule has 1 heterocycles. The minimum Gasteiger partial charge on any atom is -0.372 e. The largest absolute Gasteiger partial charge is 0.372 e. The minimum absolute atomic E-state index is 0.150. The van der Waals surface area contributed by atoms with Gasteiger partial charge in [0, 0.05) is 13.1 Å². The smallest absolute Gasteiger partial charge is 0.241 e. The Morgan fingerprint density at radius 3 is 2.77 bits per heavy atom. The second kappa shape index (κ2) is 7.68. The second-order valence-corrected chi connectivity index (χ2v) is 6.72. The molecule has 0 radical (unpaired) electrons. The molecule has 0 aliphatic carbocycles. The van der Waals surface area contributed by atoms with Gasteiger partial charge in [0.15, 0.2) is 0 Å². The van der Waals surface area contributed by atoms with Gasteiger partial charge < -0.3 is 15.4 Å². The van der Waals surface area contributed by atoms with Gasteiger partial charge in [-0.3, -0.25) is 4.79 Å². The molecule has 1 aliphatic heterocycles. The van der Waals surface area contributed by atoms with E-state index in [4.69, 9.17) is 4.74 Å². The van der Waals surface area contributed by atoms with Crippen LogP contribution in [0.5, 0.6) is 0 Å². The van der Waals surface area contributed by atoms with Gasteiger partial charge in [0.1, 0.15) is 0 Å². The minimum atomic E-state index is -3.69. The highest BCUT2D eigenvalue weighted by Crippen LogP contribution is 2.22. The van der Waals surface area contributed by atoms with Crippen molar-refractivity contribution in [1.29, 1.82) is 0 Å². The fraction of sp³-hybridized carbons (Fsp3) is 0.500. The van der Waals surface area contributed by atoms with Gasteiger partial charge in [-0.25, -0.2) is 13.1 Å². The van der Waals surface area contributed by atoms with Gasteiger partial charge in [0.05, 0.1) is 24.7 Å². The molecule has 8 heteroatoms. The topological polar surface area (TPSA) is 96.5 Å². The van der Waals surface area contributed by atoms with Gasteiger partial charge in [-0.1, -0.05) is 13.0 Å². The number of rotatable bonds is 8. The van der Waals surface area contributed by atoms with Crippen LogP contribution in [0.3, 0.4) is 0 Å². The fourth-order valence-electron chi connectivity index (χ4n) is 2.09. The maximum atomic E-state index is 12.2. The third kappa shape index (κ3) is 4.51. The average molecular weight is 327 g/mol. The van der Waals surface area contributed by atoms with Crippen molar-refractivity contribution in [2.24, 2.45) is 0 Å². The van der Waals surface area contributed by atoms with Crippen LogP contribution in [0.2, 0.25) is 0 Å². The molecule has 1 aromatic carbocycles. The van der Waals surface area contributed by atoms with E-state index in [0.717, 1.165) is 17.7 Å². The molecule has 22 heavy (non-hydrogen) atoms. The van der Waals surface area contributed by atoms with Crippen LogP contribution in [0, 0.1) is 0 Å². The van der Waals surface area contributed by atoms with Crippen LogP contribution in [0.1, 0.15) is 18.1 Å². The molecule has 3 N–H and O–H groups in total. The summed E-state index contributed by atoms with van der Waals surface area (Å²) in [6.45, 7) is 4.56. The Kier molecular flexibility index (Phi) is 5.90. The van der Waals surface area contributed by atoms with Crippen LogP contribution < -0.4 is 15.4 Å². The van der Waals surface area contributed by atoms with Gasteiger partial charge >= 0.3 is 0 Å². The van der Waals surface area contributed by atoms with E-state index in [0.29, 0.717) is 26.3 Å². The first-order chi connectivity index (χ1) is 10.5. The summed E-state index contributed by atoms with van der Waals surface area (Å²) in [6.07, 6.45) is 0. The normalized spacial score (nSPS) is 13.9. The lowest BCUT2D eigenvalue weighted by Gasteiger charge is -2.09. The SMILES string of the molecule is CCNCCNC(=O)CNS(=O)(=O)c1ccc2c(c1)COC2. The summed E-state index contributed by atoms with van der Waals surface area (Å²) in [5, 5.41) is 5.70. The van der Waals surface area contributed by atoms with Gasteiger partial charge in [-0.05, 0) is 29.8 Å². The Balaban J connectivity index is 1.87. The zero-order chi connectivity index (χ0) is 16.0. The highest BCUT2D eigenvalue weighted by molar-refractivity contribution is 7.89. The molecule has 7 nitrogen and oxygen atoms in total. The molecule has 0 fully saturated rings. The molecule has 0 spiro atoms. The Labute approximate surface area is 130 Å². The van der Waals surface area contributed by atoms with Crippen molar-refractivity contribution in [2.75, 3.05) is 26.2 Å². The number of amides is 1. The number of ether oxygens (including phenoxy) is 1. The van der Waals surface area contributed by atoms with Gasteiger partial charge in [-0.15, -0.1) is 0 Å². The number of hydrogen-bond acceptors (Lipinski definition) is 5. The average Bonchev–Trinajstić information content (AvgIpc) is 2.97. The molecule has 0 atom stereocenters. The first-order valence-corrected chi connectivity index (χ1v) is 8.68. The van der Waals surface area contributed by atoms with E-state index in [1.165, 1.54) is 6.07 Å². The molecule has 122 valence electrons. The van der Waals surface area contributed by atoms with Crippen LogP contribution in [0.15, 0.2) is 23.1 Å². The summed E-state index contributed by atoms with van der Waals surface area (Å²) >= 11 is 0. The van der Waals surface area contributed by atoms with E-state index >= 15 is 0 Å². The number of benzene rings is 1. The summed E-state index contributed by atoms with van der Waals surface area (Å²) in [4.78, 5) is 11.7. The maximum Gasteiger partial charge on any atom is 0.241 e. The number of nitrogens with one attached hydrogen (secondary N) is 3. The zero-order valence-electron chi connectivity index (χ0n) is 12.5. The quantitative estimate of drug-likeness (QED) is 0.571. The third-order valence-electron chi connectivity index (χ3n) is 3.30. The molecule has 0 unspecified atom stereocenters. The van der Waals surface area contributed by atoms with E-state index in [1.807, 2.05) is 6.92 Å². The highest BCUT2D eigenvalue weighted by Gasteiger charge is 2.19. The summed E-state index contributed by atoms with van der Waals surface area (Å²) < 4.78 is 31.9. The Morgan fingerprint density at radius 2 is 2.00 bits per heavy atom. The van der Waals surface area contributed by atoms with E-state index in [9.17, 15) is 13.2 Å².